The molecule has 0 radical (unpaired) electrons. The molecule has 0 saturated heterocycles. The molecule has 6 heteroatoms. The summed E-state index contributed by atoms with van der Waals surface area (Å²) in [7, 11) is 1.38. The second-order valence-corrected chi connectivity index (χ2v) is 7.03. The summed E-state index contributed by atoms with van der Waals surface area (Å²) in [4.78, 5) is 12.6. The third kappa shape index (κ3) is 1.94. The minimum absolute atomic E-state index is 0.143. The quantitative estimate of drug-likeness (QED) is 0.783. The SMILES string of the molecule is COC(=O)C1(c2ccc3c(c2)OCO3)C(C=C(Cl)Cl)C1(C)C. The van der Waals surface area contributed by atoms with Crippen LogP contribution < -0.4 is 9.47 Å². The van der Waals surface area contributed by atoms with Crippen LogP contribution in [0.2, 0.25) is 0 Å². The van der Waals surface area contributed by atoms with Gasteiger partial charge in [-0.1, -0.05) is 43.1 Å². The van der Waals surface area contributed by atoms with Crippen LogP contribution >= 0.6 is 23.2 Å². The molecule has 0 bridgehead atoms. The van der Waals surface area contributed by atoms with Crippen LogP contribution in [0.5, 0.6) is 11.5 Å². The van der Waals surface area contributed by atoms with Crippen molar-refractivity contribution in [1.82, 2.24) is 0 Å². The summed E-state index contributed by atoms with van der Waals surface area (Å²) >= 11 is 11.7. The number of carbonyl (C=O) groups excluding carboxylic acids is 1. The lowest BCUT2D eigenvalue weighted by Gasteiger charge is -2.18. The van der Waals surface area contributed by atoms with E-state index in [-0.39, 0.29) is 28.6 Å². The first-order chi connectivity index (χ1) is 10.4. The predicted octanol–water partition coefficient (Wildman–Crippen LogP) is 3.80. The Morgan fingerprint density at radius 1 is 1.32 bits per heavy atom. The van der Waals surface area contributed by atoms with E-state index in [1.807, 2.05) is 26.0 Å². The molecule has 1 saturated carbocycles. The molecule has 1 aromatic carbocycles. The first kappa shape index (κ1) is 15.5. The number of benzene rings is 1. The smallest absolute Gasteiger partial charge is 0.317 e. The Labute approximate surface area is 138 Å². The van der Waals surface area contributed by atoms with Crippen LogP contribution in [0, 0.1) is 11.3 Å². The maximum Gasteiger partial charge on any atom is 0.317 e. The molecule has 2 aliphatic rings. The first-order valence-electron chi connectivity index (χ1n) is 6.87. The summed E-state index contributed by atoms with van der Waals surface area (Å²) in [5.41, 5.74) is -0.398. The zero-order valence-corrected chi connectivity index (χ0v) is 14.0. The minimum Gasteiger partial charge on any atom is -0.468 e. The Bertz CT molecular complexity index is 664. The highest BCUT2D eigenvalue weighted by atomic mass is 35.5. The first-order valence-corrected chi connectivity index (χ1v) is 7.62. The number of carbonyl (C=O) groups is 1. The molecule has 1 heterocycles. The molecular formula is C16H16Cl2O4. The van der Waals surface area contributed by atoms with E-state index in [0.717, 1.165) is 5.56 Å². The molecule has 0 spiro atoms. The van der Waals surface area contributed by atoms with Crippen molar-refractivity contribution in [2.24, 2.45) is 11.3 Å². The van der Waals surface area contributed by atoms with Gasteiger partial charge in [0.1, 0.15) is 9.91 Å². The summed E-state index contributed by atoms with van der Waals surface area (Å²) in [5.74, 6) is 0.831. The number of halogens is 2. The van der Waals surface area contributed by atoms with Gasteiger partial charge in [-0.15, -0.1) is 0 Å². The van der Waals surface area contributed by atoms with E-state index in [9.17, 15) is 4.79 Å². The fraction of sp³-hybridized carbons (Fsp3) is 0.438. The van der Waals surface area contributed by atoms with Crippen LogP contribution in [-0.2, 0) is 14.9 Å². The van der Waals surface area contributed by atoms with Crippen LogP contribution in [0.1, 0.15) is 19.4 Å². The van der Waals surface area contributed by atoms with Gasteiger partial charge in [0, 0.05) is 5.92 Å². The van der Waals surface area contributed by atoms with Gasteiger partial charge in [0.25, 0.3) is 0 Å². The molecule has 0 aromatic heterocycles. The second kappa shape index (κ2) is 5.07. The van der Waals surface area contributed by atoms with Gasteiger partial charge < -0.3 is 14.2 Å². The molecule has 1 aliphatic carbocycles. The van der Waals surface area contributed by atoms with Gasteiger partial charge in [0.05, 0.1) is 7.11 Å². The van der Waals surface area contributed by atoms with Crippen LogP contribution in [0.25, 0.3) is 0 Å². The molecule has 3 rings (SSSR count). The number of methoxy groups -OCH3 is 1. The van der Waals surface area contributed by atoms with Gasteiger partial charge in [0.2, 0.25) is 6.79 Å². The monoisotopic (exact) mass is 342 g/mol. The van der Waals surface area contributed by atoms with Gasteiger partial charge in [-0.05, 0) is 29.2 Å². The lowest BCUT2D eigenvalue weighted by atomic mass is 9.87. The number of rotatable bonds is 3. The molecule has 1 aliphatic heterocycles. The summed E-state index contributed by atoms with van der Waals surface area (Å²) in [6, 6.07) is 5.50. The lowest BCUT2D eigenvalue weighted by Crippen LogP contribution is -2.28. The maximum absolute atomic E-state index is 12.6. The Kier molecular flexibility index (Phi) is 3.57. The maximum atomic E-state index is 12.6. The Hall–Kier alpha value is -1.39. The van der Waals surface area contributed by atoms with E-state index in [2.05, 4.69) is 0 Å². The number of esters is 1. The summed E-state index contributed by atoms with van der Waals surface area (Å²) in [5, 5.41) is 0. The van der Waals surface area contributed by atoms with E-state index in [4.69, 9.17) is 37.4 Å². The fourth-order valence-electron chi connectivity index (χ4n) is 3.62. The zero-order chi connectivity index (χ0) is 16.1. The van der Waals surface area contributed by atoms with Crippen LogP contribution in [0.4, 0.5) is 0 Å². The van der Waals surface area contributed by atoms with Crippen LogP contribution in [0.15, 0.2) is 28.8 Å². The summed E-state index contributed by atoms with van der Waals surface area (Å²) in [6.07, 6.45) is 1.70. The Morgan fingerprint density at radius 3 is 2.64 bits per heavy atom. The van der Waals surface area contributed by atoms with Crippen molar-refractivity contribution in [3.05, 3.63) is 34.3 Å². The third-order valence-corrected chi connectivity index (χ3v) is 5.06. The number of ether oxygens (including phenoxy) is 3. The van der Waals surface area contributed by atoms with E-state index >= 15 is 0 Å². The van der Waals surface area contributed by atoms with Gasteiger partial charge in [-0.25, -0.2) is 0 Å². The number of hydrogen-bond donors (Lipinski definition) is 0. The standard InChI is InChI=1S/C16H16Cl2O4/c1-15(2)12(7-13(17)18)16(15,14(19)20-3)9-4-5-10-11(6-9)22-8-21-10/h4-7,12H,8H2,1-3H3. The second-order valence-electron chi connectivity index (χ2n) is 6.02. The Morgan fingerprint density at radius 2 is 2.00 bits per heavy atom. The largest absolute Gasteiger partial charge is 0.468 e. The van der Waals surface area contributed by atoms with Crippen molar-refractivity contribution in [3.8, 4) is 11.5 Å². The third-order valence-electron chi connectivity index (χ3n) is 4.80. The molecular weight excluding hydrogens is 327 g/mol. The average Bonchev–Trinajstić information content (AvgIpc) is 2.80. The topological polar surface area (TPSA) is 44.8 Å². The van der Waals surface area contributed by atoms with Gasteiger partial charge in [-0.2, -0.15) is 0 Å². The van der Waals surface area contributed by atoms with E-state index < -0.39 is 5.41 Å². The average molecular weight is 343 g/mol. The van der Waals surface area contributed by atoms with Crippen LogP contribution in [-0.4, -0.2) is 19.9 Å². The van der Waals surface area contributed by atoms with Gasteiger partial charge in [-0.3, -0.25) is 4.79 Å². The molecule has 2 atom stereocenters. The van der Waals surface area contributed by atoms with Crippen molar-refractivity contribution < 1.29 is 19.0 Å². The molecule has 22 heavy (non-hydrogen) atoms. The Balaban J connectivity index is 2.13. The highest BCUT2D eigenvalue weighted by molar-refractivity contribution is 6.55. The number of allylic oxidation sites excluding steroid dienone is 1. The molecule has 4 nitrogen and oxygen atoms in total. The van der Waals surface area contributed by atoms with Gasteiger partial charge >= 0.3 is 5.97 Å². The highest BCUT2D eigenvalue weighted by Crippen LogP contribution is 2.71. The zero-order valence-electron chi connectivity index (χ0n) is 12.5. The van der Waals surface area contributed by atoms with Crippen molar-refractivity contribution in [2.75, 3.05) is 13.9 Å². The van der Waals surface area contributed by atoms with Gasteiger partial charge in [0.15, 0.2) is 11.5 Å². The molecule has 118 valence electrons. The molecule has 0 N–H and O–H groups in total. The molecule has 1 fully saturated rings. The van der Waals surface area contributed by atoms with Crippen molar-refractivity contribution >= 4 is 29.2 Å². The van der Waals surface area contributed by atoms with Crippen LogP contribution in [0.3, 0.4) is 0 Å². The fourth-order valence-corrected chi connectivity index (χ4v) is 3.88. The van der Waals surface area contributed by atoms with Crippen molar-refractivity contribution in [1.29, 1.82) is 0 Å². The van der Waals surface area contributed by atoms with Crippen molar-refractivity contribution in [3.63, 3.8) is 0 Å². The lowest BCUT2D eigenvalue weighted by molar-refractivity contribution is -0.144. The molecule has 1 aromatic rings. The minimum atomic E-state index is -0.836. The summed E-state index contributed by atoms with van der Waals surface area (Å²) in [6.45, 7) is 4.17. The van der Waals surface area contributed by atoms with E-state index in [1.54, 1.807) is 12.1 Å². The highest BCUT2D eigenvalue weighted by Gasteiger charge is 2.76. The van der Waals surface area contributed by atoms with E-state index in [1.165, 1.54) is 7.11 Å². The molecule has 0 amide bonds. The normalized spacial score (nSPS) is 27.2. The number of fused-ring (bicyclic) bond motifs is 1. The van der Waals surface area contributed by atoms with Crippen molar-refractivity contribution in [2.45, 2.75) is 19.3 Å². The predicted molar refractivity (Wildman–Crippen MR) is 83.3 cm³/mol. The molecule has 2 unspecified atom stereocenters. The summed E-state index contributed by atoms with van der Waals surface area (Å²) < 4.78 is 16.0. The number of hydrogen-bond acceptors (Lipinski definition) is 4. The van der Waals surface area contributed by atoms with E-state index in [0.29, 0.717) is 11.5 Å².